The number of aromatic nitrogens is 1. The Hall–Kier alpha value is -1.49. The molecule has 1 N–H and O–H groups in total. The predicted molar refractivity (Wildman–Crippen MR) is 75.9 cm³/mol. The maximum Gasteiger partial charge on any atom is 0.303 e. The van der Waals surface area contributed by atoms with Crippen LogP contribution >= 0.6 is 11.6 Å². The van der Waals surface area contributed by atoms with Crippen molar-refractivity contribution in [2.45, 2.75) is 25.7 Å². The van der Waals surface area contributed by atoms with Crippen molar-refractivity contribution < 1.29 is 14.7 Å². The molecule has 20 heavy (non-hydrogen) atoms. The number of rotatable bonds is 4. The summed E-state index contributed by atoms with van der Waals surface area (Å²) in [6.07, 6.45) is 4.38. The number of carbonyl (C=O) groups is 2. The van der Waals surface area contributed by atoms with Crippen LogP contribution in [0.3, 0.4) is 0 Å². The molecule has 0 aliphatic carbocycles. The Morgan fingerprint density at radius 2 is 2.05 bits per heavy atom. The summed E-state index contributed by atoms with van der Waals surface area (Å²) >= 11 is 5.90. The lowest BCUT2D eigenvalue weighted by Gasteiger charge is -2.31. The number of carboxylic acids is 1. The van der Waals surface area contributed by atoms with E-state index in [1.165, 1.54) is 0 Å². The minimum atomic E-state index is -0.748. The molecule has 5 nitrogen and oxygen atoms in total. The Labute approximate surface area is 123 Å². The number of hydrogen-bond acceptors (Lipinski definition) is 2. The molecule has 6 heteroatoms. The number of aryl methyl sites for hydroxylation is 1. The monoisotopic (exact) mass is 298 g/mol. The van der Waals surface area contributed by atoms with E-state index in [2.05, 4.69) is 0 Å². The molecule has 0 atom stereocenters. The minimum Gasteiger partial charge on any atom is -0.481 e. The molecule has 0 spiro atoms. The van der Waals surface area contributed by atoms with Gasteiger partial charge in [-0.25, -0.2) is 0 Å². The molecule has 1 aliphatic rings. The predicted octanol–water partition coefficient (Wildman–Crippen LogP) is 2.40. The van der Waals surface area contributed by atoms with Gasteiger partial charge in [0, 0.05) is 32.8 Å². The molecule has 0 saturated carbocycles. The molecule has 1 aliphatic heterocycles. The molecule has 0 radical (unpaired) electrons. The van der Waals surface area contributed by atoms with Gasteiger partial charge in [-0.2, -0.15) is 0 Å². The number of carbonyl (C=O) groups excluding carboxylic acids is 1. The fourth-order valence-electron chi connectivity index (χ4n) is 2.65. The molecule has 1 aromatic rings. The highest BCUT2D eigenvalue weighted by Crippen LogP contribution is 2.24. The van der Waals surface area contributed by atoms with Gasteiger partial charge in [-0.05, 0) is 31.2 Å². The zero-order valence-electron chi connectivity index (χ0n) is 11.5. The first-order valence-corrected chi connectivity index (χ1v) is 7.18. The van der Waals surface area contributed by atoms with Crippen LogP contribution in [0, 0.1) is 5.92 Å². The van der Waals surface area contributed by atoms with Crippen molar-refractivity contribution in [2.75, 3.05) is 13.1 Å². The number of hydrogen-bond donors (Lipinski definition) is 1. The molecule has 2 heterocycles. The Bertz CT molecular complexity index is 505. The van der Waals surface area contributed by atoms with E-state index in [4.69, 9.17) is 16.7 Å². The van der Waals surface area contributed by atoms with Gasteiger partial charge in [0.25, 0.3) is 5.91 Å². The van der Waals surface area contributed by atoms with Gasteiger partial charge in [0.15, 0.2) is 0 Å². The molecule has 2 rings (SSSR count). The molecule has 1 fully saturated rings. The number of carboxylic acid groups (broad SMARTS) is 1. The molecule has 0 aromatic carbocycles. The van der Waals surface area contributed by atoms with Gasteiger partial charge < -0.3 is 14.6 Å². The van der Waals surface area contributed by atoms with Gasteiger partial charge in [0.1, 0.15) is 5.69 Å². The SMILES string of the molecule is Cn1cc(Cl)cc1C(=O)N1CCC(CCC(=O)O)CC1. The van der Waals surface area contributed by atoms with Gasteiger partial charge in [-0.1, -0.05) is 11.6 Å². The third-order valence-electron chi connectivity index (χ3n) is 3.86. The van der Waals surface area contributed by atoms with E-state index in [9.17, 15) is 9.59 Å². The van der Waals surface area contributed by atoms with Gasteiger partial charge in [-0.3, -0.25) is 9.59 Å². The van der Waals surface area contributed by atoms with Gasteiger partial charge in [0.2, 0.25) is 0 Å². The van der Waals surface area contributed by atoms with Crippen LogP contribution < -0.4 is 0 Å². The number of halogens is 1. The third kappa shape index (κ3) is 3.54. The Balaban J connectivity index is 1.89. The Kier molecular flexibility index (Phi) is 4.70. The van der Waals surface area contributed by atoms with E-state index in [1.54, 1.807) is 23.9 Å². The van der Waals surface area contributed by atoms with Crippen LogP contribution in [0.15, 0.2) is 12.3 Å². The van der Waals surface area contributed by atoms with Crippen LogP contribution in [0.1, 0.15) is 36.2 Å². The average molecular weight is 299 g/mol. The highest BCUT2D eigenvalue weighted by atomic mass is 35.5. The van der Waals surface area contributed by atoms with Crippen LogP contribution in [-0.2, 0) is 11.8 Å². The van der Waals surface area contributed by atoms with E-state index in [1.807, 2.05) is 4.90 Å². The second-order valence-electron chi connectivity index (χ2n) is 5.32. The summed E-state index contributed by atoms with van der Waals surface area (Å²) in [5, 5.41) is 9.25. The molecule has 0 unspecified atom stereocenters. The first kappa shape index (κ1) is 14.9. The summed E-state index contributed by atoms with van der Waals surface area (Å²) < 4.78 is 1.74. The van der Waals surface area contributed by atoms with E-state index in [0.29, 0.717) is 36.1 Å². The molecule has 1 aromatic heterocycles. The summed E-state index contributed by atoms with van der Waals surface area (Å²) in [6.45, 7) is 1.37. The number of amides is 1. The van der Waals surface area contributed by atoms with Crippen LogP contribution in [0.2, 0.25) is 5.02 Å². The van der Waals surface area contributed by atoms with Crippen LogP contribution in [0.5, 0.6) is 0 Å². The third-order valence-corrected chi connectivity index (χ3v) is 4.07. The summed E-state index contributed by atoms with van der Waals surface area (Å²) in [7, 11) is 1.80. The molecule has 0 bridgehead atoms. The van der Waals surface area contributed by atoms with Crippen molar-refractivity contribution in [3.05, 3.63) is 23.0 Å². The first-order valence-electron chi connectivity index (χ1n) is 6.80. The number of nitrogens with zero attached hydrogens (tertiary/aromatic N) is 2. The van der Waals surface area contributed by atoms with Crippen LogP contribution in [0.4, 0.5) is 0 Å². The fourth-order valence-corrected chi connectivity index (χ4v) is 2.90. The zero-order valence-corrected chi connectivity index (χ0v) is 12.3. The van der Waals surface area contributed by atoms with Crippen LogP contribution in [0.25, 0.3) is 0 Å². The zero-order chi connectivity index (χ0) is 14.7. The van der Waals surface area contributed by atoms with Gasteiger partial charge in [0.05, 0.1) is 5.02 Å². The quantitative estimate of drug-likeness (QED) is 0.928. The van der Waals surface area contributed by atoms with Gasteiger partial charge in [-0.15, -0.1) is 0 Å². The van der Waals surface area contributed by atoms with Crippen molar-refractivity contribution in [1.29, 1.82) is 0 Å². The van der Waals surface area contributed by atoms with E-state index in [-0.39, 0.29) is 12.3 Å². The first-order chi connectivity index (χ1) is 9.47. The van der Waals surface area contributed by atoms with E-state index < -0.39 is 5.97 Å². The fraction of sp³-hybridized carbons (Fsp3) is 0.571. The lowest BCUT2D eigenvalue weighted by Crippen LogP contribution is -2.39. The van der Waals surface area contributed by atoms with Crippen LogP contribution in [-0.4, -0.2) is 39.5 Å². The number of aliphatic carboxylic acids is 1. The largest absolute Gasteiger partial charge is 0.481 e. The topological polar surface area (TPSA) is 62.5 Å². The summed E-state index contributed by atoms with van der Waals surface area (Å²) in [5.41, 5.74) is 0.596. The van der Waals surface area contributed by atoms with Gasteiger partial charge >= 0.3 is 5.97 Å². The van der Waals surface area contributed by atoms with Crippen molar-refractivity contribution in [2.24, 2.45) is 13.0 Å². The molecular weight excluding hydrogens is 280 g/mol. The standard InChI is InChI=1S/C14H19ClN2O3/c1-16-9-11(15)8-12(16)14(20)17-6-4-10(5-7-17)2-3-13(18)19/h8-10H,2-7H2,1H3,(H,18,19). The smallest absolute Gasteiger partial charge is 0.303 e. The molecule has 1 amide bonds. The number of piperidine rings is 1. The van der Waals surface area contributed by atoms with E-state index >= 15 is 0 Å². The van der Waals surface area contributed by atoms with Crippen molar-refractivity contribution in [1.82, 2.24) is 9.47 Å². The Morgan fingerprint density at radius 1 is 1.40 bits per heavy atom. The highest BCUT2D eigenvalue weighted by Gasteiger charge is 2.25. The highest BCUT2D eigenvalue weighted by molar-refractivity contribution is 6.31. The van der Waals surface area contributed by atoms with Crippen molar-refractivity contribution in [3.8, 4) is 0 Å². The van der Waals surface area contributed by atoms with Crippen molar-refractivity contribution in [3.63, 3.8) is 0 Å². The number of likely N-dealkylation sites (tertiary alicyclic amines) is 1. The average Bonchev–Trinajstić information content (AvgIpc) is 2.75. The lowest BCUT2D eigenvalue weighted by molar-refractivity contribution is -0.137. The molecular formula is C14H19ClN2O3. The second kappa shape index (κ2) is 6.31. The second-order valence-corrected chi connectivity index (χ2v) is 5.76. The van der Waals surface area contributed by atoms with Crippen molar-refractivity contribution >= 4 is 23.5 Å². The Morgan fingerprint density at radius 3 is 2.55 bits per heavy atom. The maximum atomic E-state index is 12.4. The minimum absolute atomic E-state index is 0.00363. The molecule has 110 valence electrons. The summed E-state index contributed by atoms with van der Waals surface area (Å²) in [5.74, 6) is -0.342. The molecule has 1 saturated heterocycles. The maximum absolute atomic E-state index is 12.4. The lowest BCUT2D eigenvalue weighted by atomic mass is 9.92. The summed E-state index contributed by atoms with van der Waals surface area (Å²) in [6, 6.07) is 1.68. The van der Waals surface area contributed by atoms with E-state index in [0.717, 1.165) is 12.8 Å². The normalized spacial score (nSPS) is 16.4. The summed E-state index contributed by atoms with van der Waals surface area (Å²) in [4.78, 5) is 24.7.